The Morgan fingerprint density at radius 2 is 1.84 bits per heavy atom. The molecule has 1 aliphatic carbocycles. The lowest BCUT2D eigenvalue weighted by Crippen LogP contribution is -2.43. The molecular formula is C22H29FN4O4. The number of likely N-dealkylation sites (tertiary alicyclic amines) is 1. The van der Waals surface area contributed by atoms with E-state index in [-0.39, 0.29) is 35.7 Å². The molecule has 0 radical (unpaired) electrons. The van der Waals surface area contributed by atoms with Crippen LogP contribution < -0.4 is 10.6 Å². The Morgan fingerprint density at radius 3 is 2.58 bits per heavy atom. The highest BCUT2D eigenvalue weighted by atomic mass is 19.1. The number of benzene rings is 1. The van der Waals surface area contributed by atoms with Gasteiger partial charge in [-0.05, 0) is 43.9 Å². The van der Waals surface area contributed by atoms with E-state index in [0.29, 0.717) is 38.4 Å². The standard InChI is InChI=1S/C22H29FN4O4/c23-17-6-5-16(14-18(17)25-20(28)7-9-26-10-12-31-13-11-26)24-21(29)19-2-1-8-27(19)22(30)15-3-4-15/h5-6,14-15,19H,1-4,7-13H2,(H,24,29)(H,25,28). The van der Waals surface area contributed by atoms with Crippen molar-refractivity contribution in [3.8, 4) is 0 Å². The molecule has 4 rings (SSSR count). The number of hydrogen-bond acceptors (Lipinski definition) is 5. The molecule has 0 aromatic heterocycles. The molecule has 1 atom stereocenters. The lowest BCUT2D eigenvalue weighted by atomic mass is 10.2. The molecule has 3 aliphatic rings. The zero-order chi connectivity index (χ0) is 21.8. The van der Waals surface area contributed by atoms with Crippen molar-refractivity contribution in [3.05, 3.63) is 24.0 Å². The van der Waals surface area contributed by atoms with Crippen LogP contribution in [0.15, 0.2) is 18.2 Å². The van der Waals surface area contributed by atoms with Crippen LogP contribution >= 0.6 is 0 Å². The Hall–Kier alpha value is -2.52. The van der Waals surface area contributed by atoms with Crippen LogP contribution in [0.2, 0.25) is 0 Å². The molecule has 1 aromatic carbocycles. The molecular weight excluding hydrogens is 403 g/mol. The second-order valence-electron chi connectivity index (χ2n) is 8.40. The maximum atomic E-state index is 14.2. The van der Waals surface area contributed by atoms with Gasteiger partial charge in [-0.1, -0.05) is 0 Å². The number of anilines is 2. The number of rotatable bonds is 7. The van der Waals surface area contributed by atoms with Crippen molar-refractivity contribution in [2.75, 3.05) is 50.0 Å². The predicted molar refractivity (Wildman–Crippen MR) is 113 cm³/mol. The Morgan fingerprint density at radius 1 is 1.06 bits per heavy atom. The molecule has 3 fully saturated rings. The summed E-state index contributed by atoms with van der Waals surface area (Å²) in [5.74, 6) is -0.999. The fraction of sp³-hybridized carbons (Fsp3) is 0.591. The van der Waals surface area contributed by atoms with Gasteiger partial charge < -0.3 is 20.3 Å². The van der Waals surface area contributed by atoms with E-state index in [1.54, 1.807) is 4.90 Å². The number of morpholine rings is 1. The Kier molecular flexibility index (Phi) is 6.82. The van der Waals surface area contributed by atoms with E-state index < -0.39 is 11.9 Å². The first-order valence-corrected chi connectivity index (χ1v) is 11.0. The molecule has 168 valence electrons. The van der Waals surface area contributed by atoms with Crippen LogP contribution in [0.4, 0.5) is 15.8 Å². The first kappa shape index (κ1) is 21.7. The molecule has 2 heterocycles. The van der Waals surface area contributed by atoms with Crippen LogP contribution in [-0.2, 0) is 19.1 Å². The summed E-state index contributed by atoms with van der Waals surface area (Å²) in [5.41, 5.74) is 0.419. The molecule has 1 saturated carbocycles. The van der Waals surface area contributed by atoms with Crippen LogP contribution in [0.5, 0.6) is 0 Å². The van der Waals surface area contributed by atoms with Crippen LogP contribution in [0, 0.1) is 11.7 Å². The molecule has 2 N–H and O–H groups in total. The van der Waals surface area contributed by atoms with E-state index in [1.807, 2.05) is 0 Å². The third-order valence-corrected chi connectivity index (χ3v) is 6.03. The summed E-state index contributed by atoms with van der Waals surface area (Å²) in [7, 11) is 0. The van der Waals surface area contributed by atoms with E-state index in [2.05, 4.69) is 15.5 Å². The minimum atomic E-state index is -0.566. The van der Waals surface area contributed by atoms with Gasteiger partial charge in [0.2, 0.25) is 17.7 Å². The summed E-state index contributed by atoms with van der Waals surface area (Å²) in [4.78, 5) is 41.2. The third-order valence-electron chi connectivity index (χ3n) is 6.03. The van der Waals surface area contributed by atoms with E-state index in [4.69, 9.17) is 4.74 Å². The number of halogens is 1. The van der Waals surface area contributed by atoms with E-state index in [1.165, 1.54) is 18.2 Å². The molecule has 8 nitrogen and oxygen atoms in total. The van der Waals surface area contributed by atoms with Gasteiger partial charge in [-0.15, -0.1) is 0 Å². The topological polar surface area (TPSA) is 91.0 Å². The van der Waals surface area contributed by atoms with E-state index >= 15 is 0 Å². The summed E-state index contributed by atoms with van der Waals surface area (Å²) in [6, 6.07) is 3.60. The van der Waals surface area contributed by atoms with Crippen molar-refractivity contribution in [3.63, 3.8) is 0 Å². The smallest absolute Gasteiger partial charge is 0.247 e. The average Bonchev–Trinajstić information content (AvgIpc) is 3.51. The quantitative estimate of drug-likeness (QED) is 0.686. The fourth-order valence-electron chi connectivity index (χ4n) is 4.09. The summed E-state index contributed by atoms with van der Waals surface area (Å²) in [6.45, 7) is 4.06. The summed E-state index contributed by atoms with van der Waals surface area (Å²) in [6.07, 6.45) is 3.46. The number of amides is 3. The molecule has 3 amide bonds. The normalized spacial score (nSPS) is 21.7. The third kappa shape index (κ3) is 5.59. The second kappa shape index (κ2) is 9.74. The monoisotopic (exact) mass is 432 g/mol. The number of nitrogens with one attached hydrogen (secondary N) is 2. The van der Waals surface area contributed by atoms with Gasteiger partial charge in [0, 0.05) is 44.2 Å². The largest absolute Gasteiger partial charge is 0.379 e. The SMILES string of the molecule is O=C(CCN1CCOCC1)Nc1cc(NC(=O)C2CCCN2C(=O)C2CC2)ccc1F. The maximum absolute atomic E-state index is 14.2. The summed E-state index contributed by atoms with van der Waals surface area (Å²) in [5, 5.41) is 5.38. The van der Waals surface area contributed by atoms with Gasteiger partial charge in [0.05, 0.1) is 18.9 Å². The molecule has 1 aromatic rings. The fourth-order valence-corrected chi connectivity index (χ4v) is 4.09. The van der Waals surface area contributed by atoms with Crippen molar-refractivity contribution in [1.82, 2.24) is 9.80 Å². The Balaban J connectivity index is 1.33. The van der Waals surface area contributed by atoms with Gasteiger partial charge in [-0.3, -0.25) is 19.3 Å². The highest BCUT2D eigenvalue weighted by molar-refractivity contribution is 5.99. The van der Waals surface area contributed by atoms with Crippen LogP contribution in [0.25, 0.3) is 0 Å². The first-order valence-electron chi connectivity index (χ1n) is 11.0. The first-order chi connectivity index (χ1) is 15.0. The summed E-state index contributed by atoms with van der Waals surface area (Å²) >= 11 is 0. The second-order valence-corrected chi connectivity index (χ2v) is 8.40. The molecule has 0 spiro atoms. The number of carbonyl (C=O) groups excluding carboxylic acids is 3. The van der Waals surface area contributed by atoms with Gasteiger partial charge >= 0.3 is 0 Å². The number of nitrogens with zero attached hydrogens (tertiary/aromatic N) is 2. The molecule has 2 saturated heterocycles. The average molecular weight is 432 g/mol. The zero-order valence-electron chi connectivity index (χ0n) is 17.6. The Bertz CT molecular complexity index is 839. The highest BCUT2D eigenvalue weighted by Crippen LogP contribution is 2.34. The number of carbonyl (C=O) groups is 3. The van der Waals surface area contributed by atoms with Crippen molar-refractivity contribution >= 4 is 29.1 Å². The molecule has 31 heavy (non-hydrogen) atoms. The molecule has 2 aliphatic heterocycles. The van der Waals surface area contributed by atoms with Crippen molar-refractivity contribution < 1.29 is 23.5 Å². The van der Waals surface area contributed by atoms with Gasteiger partial charge in [-0.25, -0.2) is 4.39 Å². The molecule has 1 unspecified atom stereocenters. The summed E-state index contributed by atoms with van der Waals surface area (Å²) < 4.78 is 19.5. The Labute approximate surface area is 181 Å². The van der Waals surface area contributed by atoms with E-state index in [9.17, 15) is 18.8 Å². The van der Waals surface area contributed by atoms with Gasteiger partial charge in [0.1, 0.15) is 11.9 Å². The van der Waals surface area contributed by atoms with Gasteiger partial charge in [0.15, 0.2) is 0 Å². The molecule has 0 bridgehead atoms. The molecule has 9 heteroatoms. The van der Waals surface area contributed by atoms with Crippen LogP contribution in [-0.4, -0.2) is 73.0 Å². The van der Waals surface area contributed by atoms with Crippen molar-refractivity contribution in [2.24, 2.45) is 5.92 Å². The van der Waals surface area contributed by atoms with E-state index in [0.717, 1.165) is 32.4 Å². The highest BCUT2D eigenvalue weighted by Gasteiger charge is 2.40. The van der Waals surface area contributed by atoms with Crippen LogP contribution in [0.3, 0.4) is 0 Å². The van der Waals surface area contributed by atoms with Crippen molar-refractivity contribution in [2.45, 2.75) is 38.1 Å². The lowest BCUT2D eigenvalue weighted by Gasteiger charge is -2.26. The number of ether oxygens (including phenoxy) is 1. The van der Waals surface area contributed by atoms with Gasteiger partial charge in [0.25, 0.3) is 0 Å². The minimum absolute atomic E-state index is 0.0297. The number of hydrogen-bond donors (Lipinski definition) is 2. The predicted octanol–water partition coefficient (Wildman–Crippen LogP) is 1.83. The van der Waals surface area contributed by atoms with Crippen molar-refractivity contribution in [1.29, 1.82) is 0 Å². The van der Waals surface area contributed by atoms with Gasteiger partial charge in [-0.2, -0.15) is 0 Å². The maximum Gasteiger partial charge on any atom is 0.247 e. The minimum Gasteiger partial charge on any atom is -0.379 e. The van der Waals surface area contributed by atoms with Crippen LogP contribution in [0.1, 0.15) is 32.1 Å². The lowest BCUT2D eigenvalue weighted by molar-refractivity contribution is -0.137. The zero-order valence-corrected chi connectivity index (χ0v) is 17.6.